The Morgan fingerprint density at radius 2 is 1.93 bits per heavy atom. The van der Waals surface area contributed by atoms with Crippen LogP contribution in [0.25, 0.3) is 0 Å². The lowest BCUT2D eigenvalue weighted by Crippen LogP contribution is -2.29. The molecule has 84 valence electrons. The minimum absolute atomic E-state index is 0.0560. The number of rotatable bonds is 4. The summed E-state index contributed by atoms with van der Waals surface area (Å²) in [6, 6.07) is 4.34. The molecule has 0 saturated heterocycles. The molecule has 2 unspecified atom stereocenters. The number of hydrogen-bond acceptors (Lipinski definition) is 3. The molecule has 0 fully saturated rings. The Labute approximate surface area is 98.4 Å². The number of aliphatic hydroxyl groups is 2. The van der Waals surface area contributed by atoms with E-state index in [1.165, 1.54) is 0 Å². The zero-order valence-electron chi connectivity index (χ0n) is 8.03. The van der Waals surface area contributed by atoms with Crippen molar-refractivity contribution in [3.63, 3.8) is 0 Å². The van der Waals surface area contributed by atoms with E-state index >= 15 is 0 Å². The highest BCUT2D eigenvalue weighted by Crippen LogP contribution is 2.26. The van der Waals surface area contributed by atoms with Gasteiger partial charge in [-0.05, 0) is 24.1 Å². The SMILES string of the molecule is NC(CCO)C(O)c1ccc(Cl)c(Cl)c1. The third-order valence-electron chi connectivity index (χ3n) is 2.15. The monoisotopic (exact) mass is 249 g/mol. The van der Waals surface area contributed by atoms with E-state index < -0.39 is 12.1 Å². The lowest BCUT2D eigenvalue weighted by atomic mass is 10.0. The summed E-state index contributed by atoms with van der Waals surface area (Å²) < 4.78 is 0. The van der Waals surface area contributed by atoms with Crippen molar-refractivity contribution in [2.45, 2.75) is 18.6 Å². The average Bonchev–Trinajstić information content (AvgIpc) is 2.21. The molecular weight excluding hydrogens is 237 g/mol. The van der Waals surface area contributed by atoms with E-state index in [-0.39, 0.29) is 6.61 Å². The van der Waals surface area contributed by atoms with E-state index in [1.54, 1.807) is 18.2 Å². The van der Waals surface area contributed by atoms with Crippen LogP contribution in [0.15, 0.2) is 18.2 Å². The molecule has 0 aromatic heterocycles. The van der Waals surface area contributed by atoms with Gasteiger partial charge in [-0.2, -0.15) is 0 Å². The standard InChI is InChI=1S/C10H13Cl2NO2/c11-7-2-1-6(5-8(7)12)10(15)9(13)3-4-14/h1-2,5,9-10,14-15H,3-4,13H2. The lowest BCUT2D eigenvalue weighted by Gasteiger charge is -2.18. The van der Waals surface area contributed by atoms with Gasteiger partial charge in [-0.1, -0.05) is 29.3 Å². The van der Waals surface area contributed by atoms with Crippen molar-refractivity contribution in [3.8, 4) is 0 Å². The van der Waals surface area contributed by atoms with Crippen molar-refractivity contribution in [1.82, 2.24) is 0 Å². The van der Waals surface area contributed by atoms with Gasteiger partial charge >= 0.3 is 0 Å². The van der Waals surface area contributed by atoms with Gasteiger partial charge in [0, 0.05) is 12.6 Å². The maximum atomic E-state index is 9.80. The van der Waals surface area contributed by atoms with Crippen LogP contribution >= 0.6 is 23.2 Å². The summed E-state index contributed by atoms with van der Waals surface area (Å²) in [4.78, 5) is 0. The Kier molecular flexibility index (Phi) is 4.83. The van der Waals surface area contributed by atoms with Crippen LogP contribution in [0.3, 0.4) is 0 Å². The molecule has 0 spiro atoms. The molecule has 1 aromatic rings. The number of hydrogen-bond donors (Lipinski definition) is 3. The Morgan fingerprint density at radius 1 is 1.27 bits per heavy atom. The summed E-state index contributed by atoms with van der Waals surface area (Å²) >= 11 is 11.5. The highest BCUT2D eigenvalue weighted by Gasteiger charge is 2.17. The van der Waals surface area contributed by atoms with Crippen LogP contribution < -0.4 is 5.73 Å². The second-order valence-corrected chi connectivity index (χ2v) is 4.11. The minimum Gasteiger partial charge on any atom is -0.396 e. The summed E-state index contributed by atoms with van der Waals surface area (Å²) in [5.74, 6) is 0. The van der Waals surface area contributed by atoms with Crippen LogP contribution in [-0.4, -0.2) is 22.9 Å². The van der Waals surface area contributed by atoms with E-state index in [1.807, 2.05) is 0 Å². The zero-order chi connectivity index (χ0) is 11.4. The first kappa shape index (κ1) is 12.7. The number of nitrogens with two attached hydrogens (primary N) is 1. The molecule has 3 nitrogen and oxygen atoms in total. The van der Waals surface area contributed by atoms with Crippen molar-refractivity contribution in [1.29, 1.82) is 0 Å². The van der Waals surface area contributed by atoms with Crippen molar-refractivity contribution < 1.29 is 10.2 Å². The Morgan fingerprint density at radius 3 is 2.47 bits per heavy atom. The van der Waals surface area contributed by atoms with Crippen LogP contribution in [0.2, 0.25) is 10.0 Å². The molecule has 1 aromatic carbocycles. The molecule has 2 atom stereocenters. The van der Waals surface area contributed by atoms with Gasteiger partial charge in [0.1, 0.15) is 0 Å². The van der Waals surface area contributed by atoms with E-state index in [0.717, 1.165) is 0 Å². The smallest absolute Gasteiger partial charge is 0.0942 e. The second-order valence-electron chi connectivity index (χ2n) is 3.29. The maximum Gasteiger partial charge on any atom is 0.0942 e. The fraction of sp³-hybridized carbons (Fsp3) is 0.400. The third-order valence-corrected chi connectivity index (χ3v) is 2.89. The summed E-state index contributed by atoms with van der Waals surface area (Å²) in [5.41, 5.74) is 6.26. The number of aliphatic hydroxyl groups excluding tert-OH is 2. The van der Waals surface area contributed by atoms with Gasteiger partial charge in [-0.3, -0.25) is 0 Å². The zero-order valence-corrected chi connectivity index (χ0v) is 9.54. The van der Waals surface area contributed by atoms with Crippen LogP contribution in [0.4, 0.5) is 0 Å². The van der Waals surface area contributed by atoms with Crippen molar-refractivity contribution >= 4 is 23.2 Å². The quantitative estimate of drug-likeness (QED) is 0.762. The molecule has 4 N–H and O–H groups in total. The predicted octanol–water partition coefficient (Wildman–Crippen LogP) is 1.74. The molecule has 0 bridgehead atoms. The summed E-state index contributed by atoms with van der Waals surface area (Å²) in [5, 5.41) is 19.3. The molecule has 0 radical (unpaired) electrons. The van der Waals surface area contributed by atoms with Gasteiger partial charge in [0.05, 0.1) is 16.1 Å². The molecule has 1 rings (SSSR count). The molecular formula is C10H13Cl2NO2. The second kappa shape index (κ2) is 5.68. The topological polar surface area (TPSA) is 66.5 Å². The van der Waals surface area contributed by atoms with Crippen molar-refractivity contribution in [2.75, 3.05) is 6.61 Å². The first-order chi connectivity index (χ1) is 7.06. The molecule has 0 heterocycles. The van der Waals surface area contributed by atoms with Crippen molar-refractivity contribution in [2.24, 2.45) is 5.73 Å². The van der Waals surface area contributed by atoms with Gasteiger partial charge in [0.2, 0.25) is 0 Å². The van der Waals surface area contributed by atoms with Gasteiger partial charge in [0.15, 0.2) is 0 Å². The number of halogens is 2. The van der Waals surface area contributed by atoms with Gasteiger partial charge < -0.3 is 15.9 Å². The van der Waals surface area contributed by atoms with Crippen LogP contribution in [0.1, 0.15) is 18.1 Å². The minimum atomic E-state index is -0.841. The fourth-order valence-corrected chi connectivity index (χ4v) is 1.56. The first-order valence-corrected chi connectivity index (χ1v) is 5.31. The number of benzene rings is 1. The molecule has 0 saturated carbocycles. The molecule has 0 aliphatic rings. The highest BCUT2D eigenvalue weighted by molar-refractivity contribution is 6.42. The fourth-order valence-electron chi connectivity index (χ4n) is 1.25. The predicted molar refractivity (Wildman–Crippen MR) is 61.1 cm³/mol. The third kappa shape index (κ3) is 3.33. The van der Waals surface area contributed by atoms with Crippen LogP contribution in [0, 0.1) is 0 Å². The molecule has 15 heavy (non-hydrogen) atoms. The molecule has 0 amide bonds. The van der Waals surface area contributed by atoms with Gasteiger partial charge in [0.25, 0.3) is 0 Å². The summed E-state index contributed by atoms with van der Waals surface area (Å²) in [7, 11) is 0. The van der Waals surface area contributed by atoms with E-state index in [0.29, 0.717) is 22.0 Å². The van der Waals surface area contributed by atoms with E-state index in [9.17, 15) is 5.11 Å². The highest BCUT2D eigenvalue weighted by atomic mass is 35.5. The van der Waals surface area contributed by atoms with Gasteiger partial charge in [-0.25, -0.2) is 0 Å². The maximum absolute atomic E-state index is 9.80. The molecule has 5 heteroatoms. The van der Waals surface area contributed by atoms with Crippen molar-refractivity contribution in [3.05, 3.63) is 33.8 Å². The van der Waals surface area contributed by atoms with E-state index in [4.69, 9.17) is 34.0 Å². The Hall–Kier alpha value is -0.320. The Balaban J connectivity index is 2.81. The largest absolute Gasteiger partial charge is 0.396 e. The average molecular weight is 250 g/mol. The van der Waals surface area contributed by atoms with Crippen LogP contribution in [-0.2, 0) is 0 Å². The first-order valence-electron chi connectivity index (χ1n) is 4.55. The van der Waals surface area contributed by atoms with Crippen LogP contribution in [0.5, 0.6) is 0 Å². The Bertz CT molecular complexity index is 333. The lowest BCUT2D eigenvalue weighted by molar-refractivity contribution is 0.129. The summed E-state index contributed by atoms with van der Waals surface area (Å²) in [6.45, 7) is -0.0560. The molecule has 0 aliphatic carbocycles. The normalized spacial score (nSPS) is 15.0. The van der Waals surface area contributed by atoms with E-state index in [2.05, 4.69) is 0 Å². The summed E-state index contributed by atoms with van der Waals surface area (Å²) in [6.07, 6.45) is -0.506. The molecule has 0 aliphatic heterocycles. The van der Waals surface area contributed by atoms with Gasteiger partial charge in [-0.15, -0.1) is 0 Å².